The van der Waals surface area contributed by atoms with Crippen molar-refractivity contribution in [1.82, 2.24) is 14.5 Å². The fourth-order valence-electron chi connectivity index (χ4n) is 3.11. The Morgan fingerprint density at radius 2 is 2.04 bits per heavy atom. The van der Waals surface area contributed by atoms with Gasteiger partial charge in [-0.05, 0) is 25.0 Å². The Morgan fingerprint density at radius 1 is 1.25 bits per heavy atom. The first-order chi connectivity index (χ1) is 13.3. The maximum absolute atomic E-state index is 12.6. The number of sulfonamides is 1. The molecule has 0 bridgehead atoms. The van der Waals surface area contributed by atoms with Gasteiger partial charge < -0.3 is 13.9 Å². The number of nitrogens with zero attached hydrogens (tertiary/aromatic N) is 3. The first-order valence-corrected chi connectivity index (χ1v) is 10.5. The van der Waals surface area contributed by atoms with Gasteiger partial charge in [0.15, 0.2) is 0 Å². The molecule has 1 amide bonds. The van der Waals surface area contributed by atoms with Crippen molar-refractivity contribution in [2.24, 2.45) is 0 Å². The van der Waals surface area contributed by atoms with E-state index in [2.05, 4.69) is 15.5 Å². The molecule has 1 N–H and O–H groups in total. The predicted octanol–water partition coefficient (Wildman–Crippen LogP) is 1.51. The van der Waals surface area contributed by atoms with Crippen LogP contribution in [0.3, 0.4) is 0 Å². The van der Waals surface area contributed by atoms with Gasteiger partial charge in [0, 0.05) is 12.6 Å². The fraction of sp³-hybridized carbons (Fsp3) is 0.471. The van der Waals surface area contributed by atoms with E-state index in [1.807, 2.05) is 0 Å². The number of hydrogen-bond donors (Lipinski definition) is 1. The molecule has 28 heavy (non-hydrogen) atoms. The van der Waals surface area contributed by atoms with Crippen LogP contribution in [0, 0.1) is 0 Å². The lowest BCUT2D eigenvalue weighted by Crippen LogP contribution is -2.49. The molecule has 1 aliphatic rings. The van der Waals surface area contributed by atoms with Crippen LogP contribution in [-0.2, 0) is 14.8 Å². The highest BCUT2D eigenvalue weighted by Crippen LogP contribution is 2.33. The van der Waals surface area contributed by atoms with Crippen LogP contribution in [0.1, 0.15) is 19.3 Å². The number of benzene rings is 1. The summed E-state index contributed by atoms with van der Waals surface area (Å²) in [5.41, 5.74) is 0.534. The lowest BCUT2D eigenvalue weighted by Gasteiger charge is -2.32. The Labute approximate surface area is 162 Å². The molecule has 152 valence electrons. The summed E-state index contributed by atoms with van der Waals surface area (Å²) in [6.45, 7) is 0.315. The number of piperidine rings is 1. The van der Waals surface area contributed by atoms with Gasteiger partial charge in [0.1, 0.15) is 17.5 Å². The number of ether oxygens (including phenoxy) is 2. The van der Waals surface area contributed by atoms with Crippen molar-refractivity contribution < 1.29 is 27.1 Å². The second kappa shape index (κ2) is 8.15. The molecule has 0 spiro atoms. The van der Waals surface area contributed by atoms with E-state index in [0.717, 1.165) is 19.1 Å². The molecule has 0 radical (unpaired) electrons. The van der Waals surface area contributed by atoms with Crippen LogP contribution in [0.5, 0.6) is 11.5 Å². The zero-order chi connectivity index (χ0) is 20.3. The van der Waals surface area contributed by atoms with Crippen LogP contribution in [-0.4, -0.2) is 61.9 Å². The number of nitrogens with one attached hydrogen (secondary N) is 1. The van der Waals surface area contributed by atoms with Crippen molar-refractivity contribution >= 4 is 21.9 Å². The average Bonchev–Trinajstić information content (AvgIpc) is 3.14. The Balaban J connectivity index is 1.78. The Hall–Kier alpha value is -2.66. The van der Waals surface area contributed by atoms with E-state index in [0.29, 0.717) is 30.0 Å². The standard InChI is InChI=1S/C17H22N4O6S/c1-25-11-7-8-12(14(10-11)26-2)16-19-20-17(27-16)18-15(22)13-6-4-5-9-21(13)28(3,23)24/h7-8,10,13H,4-6,9H2,1-3H3,(H,18,20,22). The number of anilines is 1. The van der Waals surface area contributed by atoms with E-state index in [-0.39, 0.29) is 11.9 Å². The van der Waals surface area contributed by atoms with E-state index in [1.54, 1.807) is 25.3 Å². The first-order valence-electron chi connectivity index (χ1n) is 8.67. The van der Waals surface area contributed by atoms with Crippen LogP contribution >= 0.6 is 0 Å². The van der Waals surface area contributed by atoms with E-state index in [9.17, 15) is 13.2 Å². The van der Waals surface area contributed by atoms with Crippen LogP contribution in [0.15, 0.2) is 22.6 Å². The van der Waals surface area contributed by atoms with Gasteiger partial charge in [-0.3, -0.25) is 10.1 Å². The molecule has 1 atom stereocenters. The van der Waals surface area contributed by atoms with Gasteiger partial charge in [0.25, 0.3) is 5.89 Å². The summed E-state index contributed by atoms with van der Waals surface area (Å²) < 4.78 is 41.1. The molecule has 2 heterocycles. The van der Waals surface area contributed by atoms with E-state index in [1.165, 1.54) is 11.4 Å². The Bertz CT molecular complexity index is 958. The summed E-state index contributed by atoms with van der Waals surface area (Å²) in [6.07, 6.45) is 3.02. The van der Waals surface area contributed by atoms with E-state index < -0.39 is 22.0 Å². The molecule has 11 heteroatoms. The smallest absolute Gasteiger partial charge is 0.322 e. The summed E-state index contributed by atoms with van der Waals surface area (Å²) in [5.74, 6) is 0.726. The van der Waals surface area contributed by atoms with Gasteiger partial charge >= 0.3 is 6.01 Å². The van der Waals surface area contributed by atoms with Crippen molar-refractivity contribution in [3.63, 3.8) is 0 Å². The number of hydrogen-bond acceptors (Lipinski definition) is 8. The highest BCUT2D eigenvalue weighted by Gasteiger charge is 2.35. The van der Waals surface area contributed by atoms with Crippen molar-refractivity contribution in [3.05, 3.63) is 18.2 Å². The van der Waals surface area contributed by atoms with Gasteiger partial charge in [0.2, 0.25) is 15.9 Å². The highest BCUT2D eigenvalue weighted by atomic mass is 32.2. The maximum Gasteiger partial charge on any atom is 0.322 e. The molecule has 10 nitrogen and oxygen atoms in total. The molecule has 2 aromatic rings. The predicted molar refractivity (Wildman–Crippen MR) is 101 cm³/mol. The van der Waals surface area contributed by atoms with Gasteiger partial charge in [-0.2, -0.15) is 4.31 Å². The average molecular weight is 410 g/mol. The summed E-state index contributed by atoms with van der Waals surface area (Å²) in [4.78, 5) is 12.6. The number of amides is 1. The van der Waals surface area contributed by atoms with Crippen molar-refractivity contribution in [3.8, 4) is 23.0 Å². The molecule has 1 saturated heterocycles. The van der Waals surface area contributed by atoms with Gasteiger partial charge in [-0.1, -0.05) is 11.5 Å². The zero-order valence-electron chi connectivity index (χ0n) is 15.8. The lowest BCUT2D eigenvalue weighted by molar-refractivity contribution is -0.120. The minimum Gasteiger partial charge on any atom is -0.497 e. The van der Waals surface area contributed by atoms with Crippen molar-refractivity contribution in [1.29, 1.82) is 0 Å². The number of rotatable bonds is 6. The molecule has 1 aromatic heterocycles. The van der Waals surface area contributed by atoms with Crippen LogP contribution < -0.4 is 14.8 Å². The normalized spacial score (nSPS) is 17.9. The quantitative estimate of drug-likeness (QED) is 0.760. The molecular formula is C17H22N4O6S. The molecule has 1 fully saturated rings. The Morgan fingerprint density at radius 3 is 2.71 bits per heavy atom. The molecule has 1 aromatic carbocycles. The molecule has 0 aliphatic carbocycles. The molecule has 3 rings (SSSR count). The number of carbonyl (C=O) groups is 1. The summed E-state index contributed by atoms with van der Waals surface area (Å²) in [6, 6.07) is 4.17. The van der Waals surface area contributed by atoms with Crippen LogP contribution in [0.25, 0.3) is 11.5 Å². The molecule has 1 aliphatic heterocycles. The summed E-state index contributed by atoms with van der Waals surface area (Å²) in [5, 5.41) is 10.3. The van der Waals surface area contributed by atoms with Crippen LogP contribution in [0.4, 0.5) is 6.01 Å². The minimum absolute atomic E-state index is 0.114. The largest absolute Gasteiger partial charge is 0.497 e. The lowest BCUT2D eigenvalue weighted by atomic mass is 10.0. The van der Waals surface area contributed by atoms with Gasteiger partial charge in [-0.25, -0.2) is 8.42 Å². The molecule has 0 saturated carbocycles. The number of aromatic nitrogens is 2. The fourth-order valence-corrected chi connectivity index (χ4v) is 4.23. The van der Waals surface area contributed by atoms with E-state index in [4.69, 9.17) is 13.9 Å². The topological polar surface area (TPSA) is 124 Å². The zero-order valence-corrected chi connectivity index (χ0v) is 16.7. The second-order valence-electron chi connectivity index (χ2n) is 6.35. The number of carbonyl (C=O) groups excluding carboxylic acids is 1. The third kappa shape index (κ3) is 4.25. The number of methoxy groups -OCH3 is 2. The summed E-state index contributed by atoms with van der Waals surface area (Å²) in [7, 11) is -0.447. The monoisotopic (exact) mass is 410 g/mol. The third-order valence-corrected chi connectivity index (χ3v) is 5.77. The van der Waals surface area contributed by atoms with Crippen molar-refractivity contribution in [2.45, 2.75) is 25.3 Å². The Kier molecular flexibility index (Phi) is 5.84. The second-order valence-corrected chi connectivity index (χ2v) is 8.29. The van der Waals surface area contributed by atoms with Crippen molar-refractivity contribution in [2.75, 3.05) is 32.3 Å². The summed E-state index contributed by atoms with van der Waals surface area (Å²) >= 11 is 0. The minimum atomic E-state index is -3.49. The van der Waals surface area contributed by atoms with E-state index >= 15 is 0 Å². The first kappa shape index (κ1) is 20.1. The molecule has 1 unspecified atom stereocenters. The third-order valence-electron chi connectivity index (χ3n) is 4.48. The van der Waals surface area contributed by atoms with Gasteiger partial charge in [-0.15, -0.1) is 5.10 Å². The maximum atomic E-state index is 12.6. The van der Waals surface area contributed by atoms with Crippen LogP contribution in [0.2, 0.25) is 0 Å². The SMILES string of the molecule is COc1ccc(-c2nnc(NC(=O)C3CCCCN3S(C)(=O)=O)o2)c(OC)c1. The van der Waals surface area contributed by atoms with Gasteiger partial charge in [0.05, 0.1) is 26.0 Å². The molecular weight excluding hydrogens is 388 g/mol. The highest BCUT2D eigenvalue weighted by molar-refractivity contribution is 7.88.